The summed E-state index contributed by atoms with van der Waals surface area (Å²) in [7, 11) is -3.44. The molecule has 1 heterocycles. The highest BCUT2D eigenvalue weighted by atomic mass is 32.2. The molecule has 1 atom stereocenters. The first-order valence-corrected chi connectivity index (χ1v) is 12.6. The van der Waals surface area contributed by atoms with Gasteiger partial charge in [0.2, 0.25) is 15.9 Å². The monoisotopic (exact) mass is 442 g/mol. The summed E-state index contributed by atoms with van der Waals surface area (Å²) in [6, 6.07) is 15.1. The largest absolute Gasteiger partial charge is 0.494 e. The van der Waals surface area contributed by atoms with Gasteiger partial charge in [0, 0.05) is 19.0 Å². The van der Waals surface area contributed by atoms with Crippen molar-refractivity contribution >= 4 is 15.9 Å². The maximum atomic E-state index is 12.9. The quantitative estimate of drug-likeness (QED) is 0.641. The van der Waals surface area contributed by atoms with Crippen LogP contribution in [-0.2, 0) is 21.2 Å². The molecular weight excluding hydrogens is 412 g/mol. The van der Waals surface area contributed by atoms with Gasteiger partial charge in [0.15, 0.2) is 0 Å². The van der Waals surface area contributed by atoms with Crippen molar-refractivity contribution in [3.63, 3.8) is 0 Å². The highest BCUT2D eigenvalue weighted by Crippen LogP contribution is 2.33. The first kappa shape index (κ1) is 21.8. The average molecular weight is 443 g/mol. The molecule has 166 valence electrons. The lowest BCUT2D eigenvalue weighted by Gasteiger charge is -2.25. The lowest BCUT2D eigenvalue weighted by atomic mass is 10.0. The van der Waals surface area contributed by atoms with Crippen LogP contribution >= 0.6 is 0 Å². The molecule has 0 aromatic heterocycles. The Morgan fingerprint density at radius 1 is 1.06 bits per heavy atom. The summed E-state index contributed by atoms with van der Waals surface area (Å²) in [6.07, 6.45) is 4.81. The van der Waals surface area contributed by atoms with Gasteiger partial charge in [-0.1, -0.05) is 24.3 Å². The molecule has 0 radical (unpaired) electrons. The summed E-state index contributed by atoms with van der Waals surface area (Å²) in [5.41, 5.74) is 2.11. The van der Waals surface area contributed by atoms with E-state index in [1.165, 1.54) is 0 Å². The van der Waals surface area contributed by atoms with E-state index in [0.29, 0.717) is 19.4 Å². The Hall–Kier alpha value is -2.38. The normalized spacial score (nSPS) is 18.9. The van der Waals surface area contributed by atoms with Crippen LogP contribution in [-0.4, -0.2) is 38.4 Å². The highest BCUT2D eigenvalue weighted by molar-refractivity contribution is 7.89. The lowest BCUT2D eigenvalue weighted by molar-refractivity contribution is -0.132. The van der Waals surface area contributed by atoms with E-state index in [9.17, 15) is 13.2 Å². The summed E-state index contributed by atoms with van der Waals surface area (Å²) in [5.74, 6) is 0.989. The number of carbonyl (C=O) groups excluding carboxylic acids is 1. The number of aryl methyl sites for hydroxylation is 1. The zero-order chi connectivity index (χ0) is 21.8. The third-order valence-corrected chi connectivity index (χ3v) is 7.45. The van der Waals surface area contributed by atoms with Gasteiger partial charge in [0.05, 0.1) is 17.5 Å². The number of nitrogens with zero attached hydrogens (tertiary/aromatic N) is 1. The Kier molecular flexibility index (Phi) is 6.62. The fourth-order valence-electron chi connectivity index (χ4n) is 4.08. The van der Waals surface area contributed by atoms with E-state index in [1.54, 1.807) is 12.1 Å². The number of hydrogen-bond acceptors (Lipinski definition) is 4. The topological polar surface area (TPSA) is 75.7 Å². The van der Waals surface area contributed by atoms with E-state index in [-0.39, 0.29) is 22.9 Å². The molecule has 1 saturated heterocycles. The van der Waals surface area contributed by atoms with Crippen LogP contribution in [0.1, 0.15) is 56.2 Å². The Balaban J connectivity index is 1.34. The minimum Gasteiger partial charge on any atom is -0.494 e. The molecule has 2 aliphatic rings. The fourth-order valence-corrected chi connectivity index (χ4v) is 5.39. The molecule has 1 N–H and O–H groups in total. The number of rotatable bonds is 9. The van der Waals surface area contributed by atoms with Crippen molar-refractivity contribution in [2.75, 3.05) is 13.2 Å². The molecule has 1 saturated carbocycles. The minimum atomic E-state index is -3.44. The lowest BCUT2D eigenvalue weighted by Crippen LogP contribution is -2.30. The summed E-state index contributed by atoms with van der Waals surface area (Å²) in [4.78, 5) is 15.2. The zero-order valence-corrected chi connectivity index (χ0v) is 18.7. The summed E-state index contributed by atoms with van der Waals surface area (Å²) < 4.78 is 32.8. The van der Waals surface area contributed by atoms with Crippen LogP contribution in [0.2, 0.25) is 0 Å². The first-order valence-electron chi connectivity index (χ1n) is 11.1. The van der Waals surface area contributed by atoms with Gasteiger partial charge in [0.25, 0.3) is 0 Å². The maximum absolute atomic E-state index is 12.9. The van der Waals surface area contributed by atoms with Gasteiger partial charge in [-0.3, -0.25) is 4.79 Å². The van der Waals surface area contributed by atoms with Crippen molar-refractivity contribution in [2.24, 2.45) is 0 Å². The van der Waals surface area contributed by atoms with Crippen LogP contribution < -0.4 is 9.46 Å². The second kappa shape index (κ2) is 9.40. The molecule has 31 heavy (non-hydrogen) atoms. The fraction of sp³-hybridized carbons (Fsp3) is 0.458. The number of benzene rings is 2. The number of likely N-dealkylation sites (tertiary alicyclic amines) is 1. The molecular formula is C24H30N2O4S. The van der Waals surface area contributed by atoms with E-state index in [4.69, 9.17) is 4.74 Å². The van der Waals surface area contributed by atoms with Crippen LogP contribution in [0.5, 0.6) is 5.75 Å². The van der Waals surface area contributed by atoms with Gasteiger partial charge in [-0.25, -0.2) is 13.1 Å². The van der Waals surface area contributed by atoms with Crippen molar-refractivity contribution in [3.05, 3.63) is 59.7 Å². The molecule has 7 heteroatoms. The standard InChI is InChI=1S/C24H30N2O4S/c1-2-30-21-12-8-19(9-13-21)23-4-3-17-26(23)24(27)16-7-18-5-14-22(15-6-18)31(28,29)25-20-10-11-20/h5-6,8-9,12-15,20,23,25H,2-4,7,10-11,16-17H2,1H3. The smallest absolute Gasteiger partial charge is 0.240 e. The number of amides is 1. The van der Waals surface area contributed by atoms with Crippen molar-refractivity contribution in [2.45, 2.75) is 62.4 Å². The number of carbonyl (C=O) groups is 1. The number of hydrogen-bond donors (Lipinski definition) is 1. The maximum Gasteiger partial charge on any atom is 0.240 e. The molecule has 2 aromatic carbocycles. The van der Waals surface area contributed by atoms with Crippen LogP contribution in [0.4, 0.5) is 0 Å². The molecule has 0 spiro atoms. The SMILES string of the molecule is CCOc1ccc(C2CCCN2C(=O)CCc2ccc(S(=O)(=O)NC3CC3)cc2)cc1. The highest BCUT2D eigenvalue weighted by Gasteiger charge is 2.30. The Morgan fingerprint density at radius 3 is 2.42 bits per heavy atom. The van der Waals surface area contributed by atoms with Gasteiger partial charge >= 0.3 is 0 Å². The molecule has 1 unspecified atom stereocenters. The Bertz CT molecular complexity index is 999. The summed E-state index contributed by atoms with van der Waals surface area (Å²) in [5, 5.41) is 0. The molecule has 1 aliphatic heterocycles. The van der Waals surface area contributed by atoms with E-state index >= 15 is 0 Å². The van der Waals surface area contributed by atoms with Crippen molar-refractivity contribution in [1.82, 2.24) is 9.62 Å². The van der Waals surface area contributed by atoms with Gasteiger partial charge in [0.1, 0.15) is 5.75 Å². The van der Waals surface area contributed by atoms with Crippen LogP contribution in [0.15, 0.2) is 53.4 Å². The molecule has 2 fully saturated rings. The van der Waals surface area contributed by atoms with Gasteiger partial charge < -0.3 is 9.64 Å². The first-order chi connectivity index (χ1) is 15.0. The summed E-state index contributed by atoms with van der Waals surface area (Å²) in [6.45, 7) is 3.38. The van der Waals surface area contributed by atoms with Crippen LogP contribution in [0.3, 0.4) is 0 Å². The van der Waals surface area contributed by atoms with Gasteiger partial charge in [-0.05, 0) is 74.4 Å². The molecule has 6 nitrogen and oxygen atoms in total. The predicted molar refractivity (Wildman–Crippen MR) is 119 cm³/mol. The molecule has 1 amide bonds. The zero-order valence-electron chi connectivity index (χ0n) is 17.9. The minimum absolute atomic E-state index is 0.0890. The predicted octanol–water partition coefficient (Wildman–Crippen LogP) is 3.82. The number of nitrogens with one attached hydrogen (secondary N) is 1. The second-order valence-corrected chi connectivity index (χ2v) is 10.0. The third kappa shape index (κ3) is 5.46. The van der Waals surface area contributed by atoms with Crippen LogP contribution in [0, 0.1) is 0 Å². The summed E-state index contributed by atoms with van der Waals surface area (Å²) >= 11 is 0. The number of sulfonamides is 1. The van der Waals surface area contributed by atoms with E-state index < -0.39 is 10.0 Å². The van der Waals surface area contributed by atoms with Crippen molar-refractivity contribution in [1.29, 1.82) is 0 Å². The van der Waals surface area contributed by atoms with Crippen molar-refractivity contribution < 1.29 is 17.9 Å². The van der Waals surface area contributed by atoms with Crippen LogP contribution in [0.25, 0.3) is 0 Å². The molecule has 1 aliphatic carbocycles. The van der Waals surface area contributed by atoms with E-state index in [2.05, 4.69) is 16.9 Å². The molecule has 4 rings (SSSR count). The van der Waals surface area contributed by atoms with E-state index in [1.807, 2.05) is 36.1 Å². The molecule has 2 aromatic rings. The van der Waals surface area contributed by atoms with E-state index in [0.717, 1.165) is 49.1 Å². The Labute approximate surface area is 184 Å². The third-order valence-electron chi connectivity index (χ3n) is 5.91. The van der Waals surface area contributed by atoms with Gasteiger partial charge in [-0.15, -0.1) is 0 Å². The second-order valence-electron chi connectivity index (χ2n) is 8.29. The number of ether oxygens (including phenoxy) is 1. The Morgan fingerprint density at radius 2 is 1.77 bits per heavy atom. The van der Waals surface area contributed by atoms with Gasteiger partial charge in [-0.2, -0.15) is 0 Å². The molecule has 0 bridgehead atoms. The van der Waals surface area contributed by atoms with Crippen molar-refractivity contribution in [3.8, 4) is 5.75 Å². The average Bonchev–Trinajstić information content (AvgIpc) is 3.43.